The molecule has 0 aliphatic rings. The van der Waals surface area contributed by atoms with E-state index in [9.17, 15) is 4.79 Å². The summed E-state index contributed by atoms with van der Waals surface area (Å²) in [4.78, 5) is 25.9. The highest BCUT2D eigenvalue weighted by atomic mass is 16.5. The Balaban J connectivity index is 1.77. The monoisotopic (exact) mass is 324 g/mol. The lowest BCUT2D eigenvalue weighted by Crippen LogP contribution is -2.36. The van der Waals surface area contributed by atoms with E-state index in [1.54, 1.807) is 37.6 Å². The maximum absolute atomic E-state index is 12.7. The lowest BCUT2D eigenvalue weighted by Gasteiger charge is -2.24. The second-order valence-corrected chi connectivity index (χ2v) is 5.80. The van der Waals surface area contributed by atoms with Crippen LogP contribution in [0.5, 0.6) is 5.75 Å². The molecule has 0 unspecified atom stereocenters. The second kappa shape index (κ2) is 6.70. The first-order valence-corrected chi connectivity index (χ1v) is 7.77. The Morgan fingerprint density at radius 2 is 2.17 bits per heavy atom. The Hall–Kier alpha value is -2.89. The summed E-state index contributed by atoms with van der Waals surface area (Å²) >= 11 is 0. The van der Waals surface area contributed by atoms with Crippen LogP contribution in [0.1, 0.15) is 23.1 Å². The minimum Gasteiger partial charge on any atom is -0.497 e. The molecule has 2 aromatic heterocycles. The van der Waals surface area contributed by atoms with Gasteiger partial charge in [-0.1, -0.05) is 0 Å². The zero-order valence-corrected chi connectivity index (χ0v) is 14.0. The number of nitrogens with zero attached hydrogens (tertiary/aromatic N) is 3. The van der Waals surface area contributed by atoms with Crippen LogP contribution < -0.4 is 4.74 Å². The number of hydrogen-bond acceptors (Lipinski definition) is 4. The molecule has 0 spiro atoms. The third kappa shape index (κ3) is 3.22. The number of carbonyl (C=O) groups excluding carboxylic acids is 1. The van der Waals surface area contributed by atoms with Crippen LogP contribution in [-0.2, 0) is 6.42 Å². The number of H-pyrrole nitrogens is 1. The Labute approximate surface area is 140 Å². The molecular weight excluding hydrogens is 304 g/mol. The predicted molar refractivity (Wildman–Crippen MR) is 92.1 cm³/mol. The molecule has 6 nitrogen and oxygen atoms in total. The molecule has 0 aliphatic carbocycles. The topological polar surface area (TPSA) is 71.1 Å². The summed E-state index contributed by atoms with van der Waals surface area (Å²) in [5, 5.41) is 0.952. The highest BCUT2D eigenvalue weighted by Crippen LogP contribution is 2.22. The van der Waals surface area contributed by atoms with Crippen molar-refractivity contribution in [2.75, 3.05) is 14.2 Å². The summed E-state index contributed by atoms with van der Waals surface area (Å²) in [7, 11) is 3.43. The van der Waals surface area contributed by atoms with Crippen molar-refractivity contribution >= 4 is 16.8 Å². The molecule has 3 rings (SSSR count). The number of nitrogens with one attached hydrogen (secondary N) is 1. The third-order valence-electron chi connectivity index (χ3n) is 4.16. The van der Waals surface area contributed by atoms with Crippen LogP contribution in [-0.4, -0.2) is 46.0 Å². The van der Waals surface area contributed by atoms with E-state index in [0.29, 0.717) is 12.1 Å². The van der Waals surface area contributed by atoms with Gasteiger partial charge in [0.15, 0.2) is 0 Å². The van der Waals surface area contributed by atoms with Gasteiger partial charge >= 0.3 is 0 Å². The van der Waals surface area contributed by atoms with Crippen molar-refractivity contribution in [2.24, 2.45) is 0 Å². The first kappa shape index (κ1) is 16.0. The van der Waals surface area contributed by atoms with E-state index in [2.05, 4.69) is 15.0 Å². The Bertz CT molecular complexity index is 845. The number of rotatable bonds is 5. The van der Waals surface area contributed by atoms with Gasteiger partial charge < -0.3 is 14.6 Å². The van der Waals surface area contributed by atoms with E-state index in [1.165, 1.54) is 0 Å². The van der Waals surface area contributed by atoms with Crippen LogP contribution >= 0.6 is 0 Å². The molecule has 0 saturated heterocycles. The summed E-state index contributed by atoms with van der Waals surface area (Å²) in [6.45, 7) is 2.00. The van der Waals surface area contributed by atoms with Crippen molar-refractivity contribution in [1.82, 2.24) is 19.9 Å². The molecule has 1 aromatic carbocycles. The van der Waals surface area contributed by atoms with Crippen molar-refractivity contribution in [3.05, 3.63) is 54.2 Å². The summed E-state index contributed by atoms with van der Waals surface area (Å²) in [6, 6.07) is 7.55. The Morgan fingerprint density at radius 3 is 2.88 bits per heavy atom. The van der Waals surface area contributed by atoms with E-state index < -0.39 is 0 Å². The maximum Gasteiger partial charge on any atom is 0.270 e. The molecule has 0 fully saturated rings. The minimum atomic E-state index is -0.0541. The Kier molecular flexibility index (Phi) is 4.46. The van der Waals surface area contributed by atoms with Crippen molar-refractivity contribution < 1.29 is 9.53 Å². The van der Waals surface area contributed by atoms with Gasteiger partial charge in [-0.15, -0.1) is 0 Å². The van der Waals surface area contributed by atoms with Crippen molar-refractivity contribution in [1.29, 1.82) is 0 Å². The summed E-state index contributed by atoms with van der Waals surface area (Å²) in [5.74, 6) is 0.714. The number of aromatic nitrogens is 3. The minimum absolute atomic E-state index is 0.00940. The standard InChI is InChI=1S/C18H20N4O2/c1-12(8-14-11-19-6-7-20-14)22(2)18(23)17-10-13-9-15(24-3)4-5-16(13)21-17/h4-7,9-12,21H,8H2,1-3H3/t12-/m0/s1. The van der Waals surface area contributed by atoms with Crippen LogP contribution in [0.2, 0.25) is 0 Å². The summed E-state index contributed by atoms with van der Waals surface area (Å²) in [5.41, 5.74) is 2.34. The number of likely N-dealkylation sites (N-methyl/N-ethyl adjacent to an activating group) is 1. The van der Waals surface area contributed by atoms with Crippen molar-refractivity contribution in [3.8, 4) is 5.75 Å². The molecule has 6 heteroatoms. The van der Waals surface area contributed by atoms with Gasteiger partial charge in [-0.2, -0.15) is 0 Å². The van der Waals surface area contributed by atoms with E-state index in [4.69, 9.17) is 4.74 Å². The number of benzene rings is 1. The molecule has 3 aromatic rings. The molecular formula is C18H20N4O2. The number of hydrogen-bond donors (Lipinski definition) is 1. The average Bonchev–Trinajstić information content (AvgIpc) is 3.04. The van der Waals surface area contributed by atoms with Crippen LogP contribution in [0.15, 0.2) is 42.9 Å². The van der Waals surface area contributed by atoms with Crippen molar-refractivity contribution in [3.63, 3.8) is 0 Å². The van der Waals surface area contributed by atoms with Gasteiger partial charge in [-0.3, -0.25) is 14.8 Å². The molecule has 124 valence electrons. The number of ether oxygens (including phenoxy) is 1. The van der Waals surface area contributed by atoms with Gasteiger partial charge in [0.05, 0.1) is 12.8 Å². The average molecular weight is 324 g/mol. The SMILES string of the molecule is COc1ccc2[nH]c(C(=O)N(C)[C@@H](C)Cc3cnccn3)cc2c1. The van der Waals surface area contributed by atoms with Gasteiger partial charge in [0.1, 0.15) is 11.4 Å². The molecule has 1 N–H and O–H groups in total. The molecule has 0 bridgehead atoms. The van der Waals surface area contributed by atoms with Crippen LogP contribution in [0.3, 0.4) is 0 Å². The fraction of sp³-hybridized carbons (Fsp3) is 0.278. The maximum atomic E-state index is 12.7. The fourth-order valence-electron chi connectivity index (χ4n) is 2.62. The van der Waals surface area contributed by atoms with Crippen LogP contribution in [0.25, 0.3) is 10.9 Å². The third-order valence-corrected chi connectivity index (χ3v) is 4.16. The quantitative estimate of drug-likeness (QED) is 0.783. The second-order valence-electron chi connectivity index (χ2n) is 5.80. The van der Waals surface area contributed by atoms with Gasteiger partial charge in [0.25, 0.3) is 5.91 Å². The normalized spacial score (nSPS) is 12.1. The van der Waals surface area contributed by atoms with Crippen LogP contribution in [0, 0.1) is 0 Å². The fourth-order valence-corrected chi connectivity index (χ4v) is 2.62. The molecule has 0 saturated carbocycles. The van der Waals surface area contributed by atoms with E-state index >= 15 is 0 Å². The first-order chi connectivity index (χ1) is 11.6. The largest absolute Gasteiger partial charge is 0.497 e. The molecule has 1 atom stereocenters. The molecule has 1 amide bonds. The smallest absolute Gasteiger partial charge is 0.270 e. The molecule has 24 heavy (non-hydrogen) atoms. The lowest BCUT2D eigenvalue weighted by molar-refractivity contribution is 0.0738. The van der Waals surface area contributed by atoms with Gasteiger partial charge in [-0.05, 0) is 31.2 Å². The highest BCUT2D eigenvalue weighted by molar-refractivity contribution is 5.98. The molecule has 2 heterocycles. The highest BCUT2D eigenvalue weighted by Gasteiger charge is 2.20. The van der Waals surface area contributed by atoms with Gasteiger partial charge in [0.2, 0.25) is 0 Å². The zero-order chi connectivity index (χ0) is 17.1. The predicted octanol–water partition coefficient (Wildman–Crippen LogP) is 2.67. The summed E-state index contributed by atoms with van der Waals surface area (Å²) < 4.78 is 5.22. The number of methoxy groups -OCH3 is 1. The van der Waals surface area contributed by atoms with E-state index in [1.807, 2.05) is 31.2 Å². The number of fused-ring (bicyclic) bond motifs is 1. The van der Waals surface area contributed by atoms with Crippen LogP contribution in [0.4, 0.5) is 0 Å². The number of amides is 1. The van der Waals surface area contributed by atoms with Gasteiger partial charge in [0, 0.05) is 49.0 Å². The van der Waals surface area contributed by atoms with Gasteiger partial charge in [-0.25, -0.2) is 0 Å². The number of aromatic amines is 1. The summed E-state index contributed by atoms with van der Waals surface area (Å²) in [6.07, 6.45) is 5.69. The Morgan fingerprint density at radius 1 is 1.33 bits per heavy atom. The molecule has 0 radical (unpaired) electrons. The molecule has 0 aliphatic heterocycles. The number of carbonyl (C=O) groups is 1. The van der Waals surface area contributed by atoms with E-state index in [0.717, 1.165) is 22.3 Å². The lowest BCUT2D eigenvalue weighted by atomic mass is 10.1. The van der Waals surface area contributed by atoms with E-state index in [-0.39, 0.29) is 11.9 Å². The first-order valence-electron chi connectivity index (χ1n) is 7.77. The zero-order valence-electron chi connectivity index (χ0n) is 14.0. The van der Waals surface area contributed by atoms with Crippen molar-refractivity contribution in [2.45, 2.75) is 19.4 Å².